The number of carbonyl (C=O) groups excluding carboxylic acids is 2. The van der Waals surface area contributed by atoms with Crippen LogP contribution >= 0.6 is 0 Å². The van der Waals surface area contributed by atoms with Crippen LogP contribution in [0.4, 0.5) is 5.69 Å². The summed E-state index contributed by atoms with van der Waals surface area (Å²) in [5.74, 6) is 0.848. The van der Waals surface area contributed by atoms with E-state index in [1.807, 2.05) is 6.92 Å². The minimum absolute atomic E-state index is 0.0456. The Bertz CT molecular complexity index is 504. The lowest BCUT2D eigenvalue weighted by Gasteiger charge is -2.09. The van der Waals surface area contributed by atoms with Gasteiger partial charge in [-0.1, -0.05) is 6.92 Å². The zero-order valence-corrected chi connectivity index (χ0v) is 11.7. The molecule has 1 aliphatic rings. The lowest BCUT2D eigenvalue weighted by Crippen LogP contribution is -2.29. The molecule has 6 nitrogen and oxygen atoms in total. The molecule has 0 unspecified atom stereocenters. The molecule has 1 heterocycles. The number of aromatic nitrogens is 1. The molecule has 108 valence electrons. The number of nitrogens with one attached hydrogen (secondary N) is 2. The van der Waals surface area contributed by atoms with Crippen molar-refractivity contribution in [1.82, 2.24) is 10.3 Å². The molecule has 1 saturated carbocycles. The van der Waals surface area contributed by atoms with Crippen LogP contribution in [0, 0.1) is 11.8 Å². The molecule has 6 heteroatoms. The Morgan fingerprint density at radius 3 is 2.90 bits per heavy atom. The highest BCUT2D eigenvalue weighted by atomic mass is 16.5. The molecule has 0 bridgehead atoms. The van der Waals surface area contributed by atoms with Gasteiger partial charge in [-0.3, -0.25) is 9.59 Å². The Morgan fingerprint density at radius 1 is 1.50 bits per heavy atom. The van der Waals surface area contributed by atoms with E-state index in [1.54, 1.807) is 18.3 Å². The number of anilines is 1. The number of nitrogens with zero attached hydrogens (tertiary/aromatic N) is 1. The molecule has 0 saturated heterocycles. The lowest BCUT2D eigenvalue weighted by molar-refractivity contribution is -0.122. The Kier molecular flexibility index (Phi) is 4.55. The van der Waals surface area contributed by atoms with Gasteiger partial charge < -0.3 is 15.4 Å². The summed E-state index contributed by atoms with van der Waals surface area (Å²) in [6.45, 7) is 2.39. The Labute approximate surface area is 117 Å². The summed E-state index contributed by atoms with van der Waals surface area (Å²) in [6.07, 6.45) is 2.77. The first-order valence-electron chi connectivity index (χ1n) is 6.68. The van der Waals surface area contributed by atoms with Crippen molar-refractivity contribution in [2.24, 2.45) is 11.8 Å². The average molecular weight is 277 g/mol. The number of hydrogen-bond donors (Lipinski definition) is 2. The van der Waals surface area contributed by atoms with E-state index in [4.69, 9.17) is 4.74 Å². The summed E-state index contributed by atoms with van der Waals surface area (Å²) in [6, 6.07) is 3.43. The molecule has 0 aliphatic heterocycles. The van der Waals surface area contributed by atoms with Gasteiger partial charge in [0.25, 0.3) is 0 Å². The monoisotopic (exact) mass is 277 g/mol. The summed E-state index contributed by atoms with van der Waals surface area (Å²) in [7, 11) is 1.50. The molecule has 2 N–H and O–H groups in total. The van der Waals surface area contributed by atoms with Crippen molar-refractivity contribution in [3.63, 3.8) is 0 Å². The Hall–Kier alpha value is -2.11. The highest BCUT2D eigenvalue weighted by Crippen LogP contribution is 2.37. The Morgan fingerprint density at radius 2 is 2.25 bits per heavy atom. The van der Waals surface area contributed by atoms with E-state index >= 15 is 0 Å². The van der Waals surface area contributed by atoms with Gasteiger partial charge >= 0.3 is 0 Å². The minimum atomic E-state index is -0.180. The van der Waals surface area contributed by atoms with Crippen LogP contribution in [0.5, 0.6) is 5.88 Å². The number of ether oxygens (including phenoxy) is 1. The van der Waals surface area contributed by atoms with E-state index < -0.39 is 0 Å². The van der Waals surface area contributed by atoms with Crippen LogP contribution in [0.2, 0.25) is 0 Å². The Balaban J connectivity index is 1.74. The van der Waals surface area contributed by atoms with Gasteiger partial charge in [-0.2, -0.15) is 0 Å². The van der Waals surface area contributed by atoms with Crippen LogP contribution in [0.15, 0.2) is 18.3 Å². The maximum Gasteiger partial charge on any atom is 0.237 e. The average Bonchev–Trinajstić information content (AvgIpc) is 3.16. The first kappa shape index (κ1) is 14.3. The predicted molar refractivity (Wildman–Crippen MR) is 74.3 cm³/mol. The number of hydrogen-bond acceptors (Lipinski definition) is 4. The van der Waals surface area contributed by atoms with Crippen molar-refractivity contribution in [2.45, 2.75) is 19.8 Å². The van der Waals surface area contributed by atoms with E-state index in [1.165, 1.54) is 7.11 Å². The number of pyridine rings is 1. The number of rotatable bonds is 6. The van der Waals surface area contributed by atoms with Gasteiger partial charge in [0.15, 0.2) is 0 Å². The third-order valence-electron chi connectivity index (χ3n) is 3.34. The van der Waals surface area contributed by atoms with Crippen molar-refractivity contribution in [3.05, 3.63) is 18.3 Å². The van der Waals surface area contributed by atoms with Gasteiger partial charge in [-0.15, -0.1) is 0 Å². The number of methoxy groups -OCH3 is 1. The van der Waals surface area contributed by atoms with Crippen molar-refractivity contribution in [3.8, 4) is 5.88 Å². The summed E-state index contributed by atoms with van der Waals surface area (Å²) in [5.41, 5.74) is 0.530. The molecule has 0 spiro atoms. The largest absolute Gasteiger partial charge is 0.480 e. The fourth-order valence-corrected chi connectivity index (χ4v) is 1.98. The van der Waals surface area contributed by atoms with E-state index in [-0.39, 0.29) is 24.2 Å². The maximum atomic E-state index is 11.8. The van der Waals surface area contributed by atoms with Crippen LogP contribution in [0.3, 0.4) is 0 Å². The highest BCUT2D eigenvalue weighted by Gasteiger charge is 2.38. The molecular weight excluding hydrogens is 258 g/mol. The summed E-state index contributed by atoms with van der Waals surface area (Å²) < 4.78 is 5.04. The minimum Gasteiger partial charge on any atom is -0.480 e. The second-order valence-corrected chi connectivity index (χ2v) is 4.97. The molecule has 2 amide bonds. The third-order valence-corrected chi connectivity index (χ3v) is 3.34. The van der Waals surface area contributed by atoms with E-state index in [0.29, 0.717) is 24.0 Å². The SMILES string of the molecule is COc1ncccc1NC(=O)CCNC(=O)[C@H]1C[C@@H]1C. The lowest BCUT2D eigenvalue weighted by atomic mass is 10.3. The van der Waals surface area contributed by atoms with Gasteiger partial charge in [0, 0.05) is 25.1 Å². The molecule has 1 aromatic heterocycles. The van der Waals surface area contributed by atoms with Gasteiger partial charge in [-0.05, 0) is 24.5 Å². The van der Waals surface area contributed by atoms with Crippen LogP contribution in [0.25, 0.3) is 0 Å². The van der Waals surface area contributed by atoms with Crippen LogP contribution in [0.1, 0.15) is 19.8 Å². The zero-order valence-electron chi connectivity index (χ0n) is 11.7. The van der Waals surface area contributed by atoms with Crippen LogP contribution in [-0.2, 0) is 9.59 Å². The molecule has 1 aliphatic carbocycles. The smallest absolute Gasteiger partial charge is 0.237 e. The standard InChI is InChI=1S/C14H19N3O3/c1-9-8-10(9)13(19)15-7-5-12(18)17-11-4-3-6-16-14(11)20-2/h3-4,6,9-10H,5,7-8H2,1-2H3,(H,15,19)(H,17,18)/t9-,10-/m0/s1. The normalized spacial score (nSPS) is 20.1. The summed E-state index contributed by atoms with van der Waals surface area (Å²) >= 11 is 0. The maximum absolute atomic E-state index is 11.8. The number of amides is 2. The molecule has 2 rings (SSSR count). The highest BCUT2D eigenvalue weighted by molar-refractivity contribution is 5.92. The topological polar surface area (TPSA) is 80.3 Å². The fraction of sp³-hybridized carbons (Fsp3) is 0.500. The molecular formula is C14H19N3O3. The van der Waals surface area contributed by atoms with Crippen molar-refractivity contribution < 1.29 is 14.3 Å². The van der Waals surface area contributed by atoms with Gasteiger partial charge in [-0.25, -0.2) is 4.98 Å². The first-order valence-corrected chi connectivity index (χ1v) is 6.68. The van der Waals surface area contributed by atoms with E-state index in [2.05, 4.69) is 15.6 Å². The molecule has 20 heavy (non-hydrogen) atoms. The van der Waals surface area contributed by atoms with Crippen LogP contribution in [-0.4, -0.2) is 30.5 Å². The second kappa shape index (κ2) is 6.36. The van der Waals surface area contributed by atoms with Crippen LogP contribution < -0.4 is 15.4 Å². The number of carbonyl (C=O) groups is 2. The molecule has 0 aromatic carbocycles. The van der Waals surface area contributed by atoms with Crippen molar-refractivity contribution in [1.29, 1.82) is 0 Å². The van der Waals surface area contributed by atoms with Crippen molar-refractivity contribution in [2.75, 3.05) is 19.0 Å². The van der Waals surface area contributed by atoms with E-state index in [9.17, 15) is 9.59 Å². The van der Waals surface area contributed by atoms with E-state index in [0.717, 1.165) is 6.42 Å². The predicted octanol–water partition coefficient (Wildman–Crippen LogP) is 1.19. The molecule has 2 atom stereocenters. The molecule has 0 radical (unpaired) electrons. The third kappa shape index (κ3) is 3.69. The second-order valence-electron chi connectivity index (χ2n) is 4.97. The van der Waals surface area contributed by atoms with Gasteiger partial charge in [0.2, 0.25) is 17.7 Å². The summed E-state index contributed by atoms with van der Waals surface area (Å²) in [5, 5.41) is 5.48. The fourth-order valence-electron chi connectivity index (χ4n) is 1.98. The summed E-state index contributed by atoms with van der Waals surface area (Å²) in [4.78, 5) is 27.3. The first-order chi connectivity index (χ1) is 9.61. The van der Waals surface area contributed by atoms with Gasteiger partial charge in [0.1, 0.15) is 5.69 Å². The molecule has 1 aromatic rings. The van der Waals surface area contributed by atoms with Crippen molar-refractivity contribution >= 4 is 17.5 Å². The quantitative estimate of drug-likeness (QED) is 0.818. The van der Waals surface area contributed by atoms with Gasteiger partial charge in [0.05, 0.1) is 7.11 Å². The molecule has 1 fully saturated rings. The zero-order chi connectivity index (χ0) is 14.5.